The van der Waals surface area contributed by atoms with Crippen molar-refractivity contribution in [2.75, 3.05) is 23.4 Å². The van der Waals surface area contributed by atoms with E-state index in [0.29, 0.717) is 41.8 Å². The highest BCUT2D eigenvalue weighted by Gasteiger charge is 2.39. The van der Waals surface area contributed by atoms with Gasteiger partial charge in [-0.3, -0.25) is 9.69 Å². The smallest absolute Gasteiger partial charge is 0.265 e. The van der Waals surface area contributed by atoms with E-state index in [4.69, 9.17) is 27.4 Å². The average molecular weight is 423 g/mol. The van der Waals surface area contributed by atoms with Crippen molar-refractivity contribution in [3.8, 4) is 17.1 Å². The second kappa shape index (κ2) is 7.47. The van der Waals surface area contributed by atoms with Gasteiger partial charge in [-0.2, -0.15) is 0 Å². The van der Waals surface area contributed by atoms with Gasteiger partial charge in [-0.25, -0.2) is 13.8 Å². The number of alkyl halides is 2. The number of nitrogens with one attached hydrogen (secondary N) is 1. The number of imidazole rings is 1. The Kier molecular flexibility index (Phi) is 4.99. The number of carbonyl (C=O) groups is 1. The normalized spacial score (nSPS) is 19.1. The minimum absolute atomic E-state index is 0.0139. The summed E-state index contributed by atoms with van der Waals surface area (Å²) in [5.74, 6) is 0.974. The van der Waals surface area contributed by atoms with Gasteiger partial charge in [0.05, 0.1) is 12.1 Å². The quantitative estimate of drug-likeness (QED) is 0.710. The molecule has 0 spiro atoms. The molecule has 0 bridgehead atoms. The molecule has 8 nitrogen and oxygen atoms in total. The topological polar surface area (TPSA) is 94.6 Å². The molecule has 2 aromatic rings. The zero-order chi connectivity index (χ0) is 20.7. The lowest BCUT2D eigenvalue weighted by Gasteiger charge is -2.19. The number of fused-ring (bicyclic) bond motifs is 3. The van der Waals surface area contributed by atoms with Crippen molar-refractivity contribution in [2.24, 2.45) is 5.73 Å². The number of anilines is 2. The number of carbonyl (C=O) groups excluding carboxylic acids is 1. The van der Waals surface area contributed by atoms with Gasteiger partial charge in [0.15, 0.2) is 5.82 Å². The highest BCUT2D eigenvalue weighted by atomic mass is 32.1. The Morgan fingerprint density at radius 3 is 2.93 bits per heavy atom. The minimum atomic E-state index is -2.62. The summed E-state index contributed by atoms with van der Waals surface area (Å²) in [5.41, 5.74) is 6.66. The lowest BCUT2D eigenvalue weighted by Crippen LogP contribution is -2.38. The summed E-state index contributed by atoms with van der Waals surface area (Å²) in [6.45, 7) is 2.34. The van der Waals surface area contributed by atoms with Crippen molar-refractivity contribution < 1.29 is 23.0 Å². The van der Waals surface area contributed by atoms with Crippen molar-refractivity contribution in [2.45, 2.75) is 32.0 Å². The number of halogens is 2. The fraction of sp³-hybridized carbons (Fsp3) is 0.389. The van der Waals surface area contributed by atoms with E-state index in [0.717, 1.165) is 0 Å². The van der Waals surface area contributed by atoms with E-state index in [9.17, 15) is 13.6 Å². The van der Waals surface area contributed by atoms with E-state index in [-0.39, 0.29) is 11.8 Å². The molecule has 154 valence electrons. The number of amides is 1. The van der Waals surface area contributed by atoms with Crippen LogP contribution in [0.25, 0.3) is 11.4 Å². The van der Waals surface area contributed by atoms with E-state index in [1.807, 2.05) is 4.57 Å². The molecular formula is C18H19F2N5O3S. The zero-order valence-corrected chi connectivity index (χ0v) is 16.3. The third-order valence-corrected chi connectivity index (χ3v) is 5.14. The Labute approximate surface area is 170 Å². The highest BCUT2D eigenvalue weighted by molar-refractivity contribution is 7.80. The van der Waals surface area contributed by atoms with Crippen LogP contribution in [0.15, 0.2) is 24.4 Å². The number of primary amides is 1. The predicted octanol–water partition coefficient (Wildman–Crippen LogP) is 1.98. The second-order valence-corrected chi connectivity index (χ2v) is 7.14. The number of rotatable bonds is 5. The van der Waals surface area contributed by atoms with Gasteiger partial charge in [-0.05, 0) is 31.3 Å². The lowest BCUT2D eigenvalue weighted by molar-refractivity contribution is -0.118. The molecule has 29 heavy (non-hydrogen) atoms. The van der Waals surface area contributed by atoms with Crippen molar-refractivity contribution in [1.29, 1.82) is 0 Å². The minimum Gasteiger partial charge on any atom is -0.491 e. The summed E-state index contributed by atoms with van der Waals surface area (Å²) in [7, 11) is 0. The number of hydrogen-bond acceptors (Lipinski definition) is 6. The number of nitrogens with zero attached hydrogens (tertiary/aromatic N) is 3. The molecule has 1 aromatic heterocycles. The van der Waals surface area contributed by atoms with Gasteiger partial charge in [0.25, 0.3) is 11.6 Å². The number of ether oxygens (including phenoxy) is 2. The van der Waals surface area contributed by atoms with Crippen LogP contribution in [0.5, 0.6) is 5.75 Å². The standard InChI is InChI=1S/C18H19F2N5O3S/c1-9(16(21)26)22-10-2-3-11-13(6-10)27-5-4-24-7-14(23-17(11)24)25-12(15(19)20)8-28-18(25)29/h2-3,6-7,9,12,15,22H,4-5,8H2,1H3,(H2,21,26)/t9?,12-/m0/s1. The lowest BCUT2D eigenvalue weighted by atomic mass is 10.1. The molecule has 1 amide bonds. The highest BCUT2D eigenvalue weighted by Crippen LogP contribution is 2.36. The maximum Gasteiger partial charge on any atom is 0.265 e. The maximum absolute atomic E-state index is 13.4. The van der Waals surface area contributed by atoms with Crippen molar-refractivity contribution in [3.05, 3.63) is 24.4 Å². The third kappa shape index (κ3) is 3.57. The largest absolute Gasteiger partial charge is 0.491 e. The molecule has 2 atom stereocenters. The molecule has 1 aromatic carbocycles. The summed E-state index contributed by atoms with van der Waals surface area (Å²) in [6, 6.07) is 3.61. The first-order valence-corrected chi connectivity index (χ1v) is 9.40. The first kappa shape index (κ1) is 19.4. The van der Waals surface area contributed by atoms with Crippen LogP contribution in [0.2, 0.25) is 0 Å². The number of aromatic nitrogens is 2. The van der Waals surface area contributed by atoms with Gasteiger partial charge in [-0.1, -0.05) is 0 Å². The van der Waals surface area contributed by atoms with Gasteiger partial charge in [-0.15, -0.1) is 0 Å². The molecule has 0 saturated carbocycles. The van der Waals surface area contributed by atoms with Crippen LogP contribution in [-0.4, -0.2) is 52.4 Å². The first-order valence-electron chi connectivity index (χ1n) is 8.99. The SMILES string of the molecule is CC(Nc1ccc2c(c1)OCCn1cc(N3C(=S)OC[C@H]3C(F)F)nc1-2)C(N)=O. The number of nitrogens with two attached hydrogens (primary N) is 1. The number of benzene rings is 1. The van der Waals surface area contributed by atoms with Gasteiger partial charge in [0.2, 0.25) is 5.91 Å². The summed E-state index contributed by atoms with van der Waals surface area (Å²) in [4.78, 5) is 17.1. The van der Waals surface area contributed by atoms with Crippen LogP contribution in [0.4, 0.5) is 20.3 Å². The Morgan fingerprint density at radius 1 is 1.41 bits per heavy atom. The molecule has 2 aliphatic rings. The molecule has 1 fully saturated rings. The van der Waals surface area contributed by atoms with Gasteiger partial charge < -0.3 is 25.1 Å². The zero-order valence-electron chi connectivity index (χ0n) is 15.5. The number of hydrogen-bond donors (Lipinski definition) is 2. The van der Waals surface area contributed by atoms with E-state index < -0.39 is 24.4 Å². The van der Waals surface area contributed by atoms with Crippen molar-refractivity contribution in [3.63, 3.8) is 0 Å². The molecule has 0 aliphatic carbocycles. The van der Waals surface area contributed by atoms with Gasteiger partial charge >= 0.3 is 0 Å². The summed E-state index contributed by atoms with van der Waals surface area (Å²) in [6.07, 6.45) is -0.945. The Balaban J connectivity index is 1.68. The van der Waals surface area contributed by atoms with Crippen LogP contribution in [0.3, 0.4) is 0 Å². The van der Waals surface area contributed by atoms with Gasteiger partial charge in [0.1, 0.15) is 36.9 Å². The third-order valence-electron chi connectivity index (χ3n) is 4.83. The predicted molar refractivity (Wildman–Crippen MR) is 106 cm³/mol. The Morgan fingerprint density at radius 2 is 2.21 bits per heavy atom. The monoisotopic (exact) mass is 423 g/mol. The van der Waals surface area contributed by atoms with Gasteiger partial charge in [0, 0.05) is 18.0 Å². The van der Waals surface area contributed by atoms with Crippen LogP contribution in [-0.2, 0) is 16.1 Å². The van der Waals surface area contributed by atoms with Crippen molar-refractivity contribution >= 4 is 34.8 Å². The second-order valence-electron chi connectivity index (χ2n) is 6.79. The van der Waals surface area contributed by atoms with E-state index >= 15 is 0 Å². The molecule has 1 saturated heterocycles. The van der Waals surface area contributed by atoms with E-state index in [2.05, 4.69) is 10.3 Å². The van der Waals surface area contributed by atoms with Crippen LogP contribution >= 0.6 is 12.2 Å². The Hall–Kier alpha value is -2.95. The first-order chi connectivity index (χ1) is 13.8. The van der Waals surface area contributed by atoms with E-state index in [1.165, 1.54) is 4.90 Å². The molecule has 3 N–H and O–H groups in total. The molecule has 4 rings (SSSR count). The maximum atomic E-state index is 13.4. The molecule has 2 aliphatic heterocycles. The average Bonchev–Trinajstić information content (AvgIpc) is 3.21. The summed E-state index contributed by atoms with van der Waals surface area (Å²) in [5, 5.41) is 2.99. The molecule has 11 heteroatoms. The van der Waals surface area contributed by atoms with Crippen LogP contribution in [0, 0.1) is 0 Å². The Bertz CT molecular complexity index is 967. The molecule has 1 unspecified atom stereocenters. The molecule has 3 heterocycles. The van der Waals surface area contributed by atoms with Crippen LogP contribution < -0.4 is 20.7 Å². The summed E-state index contributed by atoms with van der Waals surface area (Å²) >= 11 is 5.09. The summed E-state index contributed by atoms with van der Waals surface area (Å²) < 4.78 is 39.5. The van der Waals surface area contributed by atoms with E-state index in [1.54, 1.807) is 31.3 Å². The van der Waals surface area contributed by atoms with Crippen molar-refractivity contribution in [1.82, 2.24) is 9.55 Å². The van der Waals surface area contributed by atoms with Crippen LogP contribution in [0.1, 0.15) is 6.92 Å². The fourth-order valence-corrected chi connectivity index (χ4v) is 3.58. The number of thiocarbonyl (C=S) groups is 1. The molecular weight excluding hydrogens is 404 g/mol. The fourth-order valence-electron chi connectivity index (χ4n) is 3.28. The molecule has 0 radical (unpaired) electrons.